The van der Waals surface area contributed by atoms with E-state index in [0.717, 1.165) is 11.3 Å². The van der Waals surface area contributed by atoms with E-state index in [1.54, 1.807) is 42.3 Å². The molecule has 0 saturated carbocycles. The zero-order chi connectivity index (χ0) is 27.0. The van der Waals surface area contributed by atoms with Crippen LogP contribution in [0.1, 0.15) is 29.5 Å². The fourth-order valence-corrected chi connectivity index (χ4v) is 3.71. The summed E-state index contributed by atoms with van der Waals surface area (Å²) in [5, 5.41) is 4.57. The zero-order valence-corrected chi connectivity index (χ0v) is 21.6. The SMILES string of the molecule is CCOC(=O)C=Cc1cn(-c2ccccc2)nc1OCc1ccc(OCc2nc(-c3ccco3)oc2C)cc1. The minimum absolute atomic E-state index is 0.263. The number of rotatable bonds is 11. The summed E-state index contributed by atoms with van der Waals surface area (Å²) in [6.45, 7) is 4.45. The first-order valence-corrected chi connectivity index (χ1v) is 12.4. The monoisotopic (exact) mass is 525 g/mol. The number of nitrogens with zero attached hydrogens (tertiary/aromatic N) is 3. The Labute approximate surface area is 225 Å². The summed E-state index contributed by atoms with van der Waals surface area (Å²) in [7, 11) is 0. The lowest BCUT2D eigenvalue weighted by molar-refractivity contribution is -0.137. The molecule has 0 amide bonds. The summed E-state index contributed by atoms with van der Waals surface area (Å²) < 4.78 is 29.7. The maximum Gasteiger partial charge on any atom is 0.330 e. The van der Waals surface area contributed by atoms with E-state index in [0.29, 0.717) is 46.9 Å². The van der Waals surface area contributed by atoms with Crippen molar-refractivity contribution in [1.29, 1.82) is 0 Å². The molecule has 0 aliphatic carbocycles. The molecule has 0 aliphatic heterocycles. The van der Waals surface area contributed by atoms with E-state index in [9.17, 15) is 4.79 Å². The second-order valence-corrected chi connectivity index (χ2v) is 8.48. The van der Waals surface area contributed by atoms with Crippen LogP contribution in [0.3, 0.4) is 0 Å². The second-order valence-electron chi connectivity index (χ2n) is 8.48. The van der Waals surface area contributed by atoms with Gasteiger partial charge in [-0.2, -0.15) is 0 Å². The van der Waals surface area contributed by atoms with E-state index < -0.39 is 5.97 Å². The van der Waals surface area contributed by atoms with Gasteiger partial charge in [0.05, 0.1) is 24.1 Å². The predicted octanol–water partition coefficient (Wildman–Crippen LogP) is 6.16. The van der Waals surface area contributed by atoms with Crippen LogP contribution in [0.15, 0.2) is 94.1 Å². The third kappa shape index (κ3) is 6.45. The first-order chi connectivity index (χ1) is 19.1. The largest absolute Gasteiger partial charge is 0.487 e. The highest BCUT2D eigenvalue weighted by Gasteiger charge is 2.14. The highest BCUT2D eigenvalue weighted by atomic mass is 16.5. The van der Waals surface area contributed by atoms with E-state index in [1.165, 1.54) is 6.08 Å². The van der Waals surface area contributed by atoms with Crippen molar-refractivity contribution in [2.45, 2.75) is 27.1 Å². The van der Waals surface area contributed by atoms with Gasteiger partial charge in [0.25, 0.3) is 5.89 Å². The zero-order valence-electron chi connectivity index (χ0n) is 21.6. The molecule has 0 N–H and O–H groups in total. The molecular formula is C30H27N3O6. The number of esters is 1. The Bertz CT molecular complexity index is 1530. The number of oxazole rings is 1. The fourth-order valence-electron chi connectivity index (χ4n) is 3.71. The van der Waals surface area contributed by atoms with Gasteiger partial charge in [0, 0.05) is 12.3 Å². The van der Waals surface area contributed by atoms with Crippen LogP contribution >= 0.6 is 0 Å². The van der Waals surface area contributed by atoms with Gasteiger partial charge >= 0.3 is 5.97 Å². The number of para-hydroxylation sites is 1. The van der Waals surface area contributed by atoms with Gasteiger partial charge in [0.2, 0.25) is 5.88 Å². The van der Waals surface area contributed by atoms with Gasteiger partial charge in [-0.05, 0) is 61.9 Å². The van der Waals surface area contributed by atoms with E-state index in [-0.39, 0.29) is 13.2 Å². The van der Waals surface area contributed by atoms with Crippen LogP contribution in [0, 0.1) is 6.92 Å². The molecular weight excluding hydrogens is 498 g/mol. The van der Waals surface area contributed by atoms with Crippen molar-refractivity contribution in [3.05, 3.63) is 108 Å². The lowest BCUT2D eigenvalue weighted by atomic mass is 10.2. The molecule has 9 nitrogen and oxygen atoms in total. The van der Waals surface area contributed by atoms with Crippen LogP contribution in [0.25, 0.3) is 23.4 Å². The summed E-state index contributed by atoms with van der Waals surface area (Å²) >= 11 is 0. The Morgan fingerprint density at radius 2 is 1.82 bits per heavy atom. The third-order valence-corrected chi connectivity index (χ3v) is 5.71. The van der Waals surface area contributed by atoms with Crippen LogP contribution < -0.4 is 9.47 Å². The molecule has 3 aromatic heterocycles. The van der Waals surface area contributed by atoms with Gasteiger partial charge in [0.1, 0.15) is 30.4 Å². The molecule has 0 saturated heterocycles. The van der Waals surface area contributed by atoms with E-state index >= 15 is 0 Å². The number of hydrogen-bond acceptors (Lipinski definition) is 8. The van der Waals surface area contributed by atoms with Gasteiger partial charge in [-0.25, -0.2) is 14.5 Å². The van der Waals surface area contributed by atoms with Crippen LogP contribution in [-0.4, -0.2) is 27.3 Å². The maximum absolute atomic E-state index is 11.8. The summed E-state index contributed by atoms with van der Waals surface area (Å²) in [6, 6.07) is 20.8. The molecule has 0 radical (unpaired) electrons. The van der Waals surface area contributed by atoms with Crippen molar-refractivity contribution in [2.24, 2.45) is 0 Å². The maximum atomic E-state index is 11.8. The lowest BCUT2D eigenvalue weighted by Crippen LogP contribution is -2.00. The normalized spacial score (nSPS) is 11.1. The van der Waals surface area contributed by atoms with Gasteiger partial charge in [-0.15, -0.1) is 5.10 Å². The summed E-state index contributed by atoms with van der Waals surface area (Å²) in [6.07, 6.45) is 6.38. The molecule has 0 aliphatic rings. The molecule has 9 heteroatoms. The molecule has 5 aromatic rings. The molecule has 3 heterocycles. The number of hydrogen-bond donors (Lipinski definition) is 0. The van der Waals surface area contributed by atoms with Crippen molar-refractivity contribution >= 4 is 12.0 Å². The van der Waals surface area contributed by atoms with Gasteiger partial charge in [-0.3, -0.25) is 0 Å². The van der Waals surface area contributed by atoms with Gasteiger partial charge in [-0.1, -0.05) is 30.3 Å². The van der Waals surface area contributed by atoms with Crippen molar-refractivity contribution in [2.75, 3.05) is 6.61 Å². The topological polar surface area (TPSA) is 102 Å². The highest BCUT2D eigenvalue weighted by Crippen LogP contribution is 2.25. The standard InChI is InChI=1S/C30H27N3O6/c1-3-35-28(34)16-13-23-18-33(24-8-5-4-6-9-24)32-29(23)38-19-22-11-14-25(15-12-22)37-20-26-21(2)39-30(31-26)27-10-7-17-36-27/h4-18H,3,19-20H2,1-2H3. The fraction of sp³-hybridized carbons (Fsp3) is 0.167. The summed E-state index contributed by atoms with van der Waals surface area (Å²) in [5.41, 5.74) is 3.16. The minimum Gasteiger partial charge on any atom is -0.487 e. The average molecular weight is 526 g/mol. The molecule has 0 fully saturated rings. The van der Waals surface area contributed by atoms with Crippen LogP contribution in [0.4, 0.5) is 0 Å². The summed E-state index contributed by atoms with van der Waals surface area (Å²) in [4.78, 5) is 16.3. The first kappa shape index (κ1) is 25.6. The molecule has 0 unspecified atom stereocenters. The molecule has 39 heavy (non-hydrogen) atoms. The van der Waals surface area contributed by atoms with E-state index in [1.807, 2.05) is 61.5 Å². The Morgan fingerprint density at radius 3 is 2.56 bits per heavy atom. The Kier molecular flexibility index (Phi) is 7.87. The smallest absolute Gasteiger partial charge is 0.330 e. The van der Waals surface area contributed by atoms with Gasteiger partial charge in [0.15, 0.2) is 5.76 Å². The number of aromatic nitrogens is 3. The van der Waals surface area contributed by atoms with Crippen LogP contribution in [-0.2, 0) is 22.7 Å². The molecule has 198 valence electrons. The number of benzene rings is 2. The Hall–Kier alpha value is -5.05. The van der Waals surface area contributed by atoms with Crippen molar-refractivity contribution in [1.82, 2.24) is 14.8 Å². The molecule has 0 atom stereocenters. The molecule has 0 bridgehead atoms. The number of aryl methyl sites for hydroxylation is 1. The van der Waals surface area contributed by atoms with Crippen molar-refractivity contribution in [3.8, 4) is 29.0 Å². The second kappa shape index (κ2) is 12.0. The summed E-state index contributed by atoms with van der Waals surface area (Å²) in [5.74, 6) is 2.33. The number of carbonyl (C=O) groups excluding carboxylic acids is 1. The molecule has 0 spiro atoms. The lowest BCUT2D eigenvalue weighted by Gasteiger charge is -2.07. The van der Waals surface area contributed by atoms with Gasteiger partial charge < -0.3 is 23.0 Å². The highest BCUT2D eigenvalue weighted by molar-refractivity contribution is 5.87. The number of furan rings is 1. The average Bonchev–Trinajstić information content (AvgIpc) is 3.71. The van der Waals surface area contributed by atoms with E-state index in [4.69, 9.17) is 23.0 Å². The molecule has 2 aromatic carbocycles. The first-order valence-electron chi connectivity index (χ1n) is 12.4. The predicted molar refractivity (Wildman–Crippen MR) is 143 cm³/mol. The minimum atomic E-state index is -0.426. The third-order valence-electron chi connectivity index (χ3n) is 5.71. The van der Waals surface area contributed by atoms with E-state index in [2.05, 4.69) is 10.1 Å². The number of carbonyl (C=O) groups is 1. The van der Waals surface area contributed by atoms with Crippen LogP contribution in [0.5, 0.6) is 11.6 Å². The molecule has 5 rings (SSSR count). The number of ether oxygens (including phenoxy) is 3. The van der Waals surface area contributed by atoms with Crippen LogP contribution in [0.2, 0.25) is 0 Å². The Morgan fingerprint density at radius 1 is 1.00 bits per heavy atom. The quantitative estimate of drug-likeness (QED) is 0.149. The van der Waals surface area contributed by atoms with Crippen molar-refractivity contribution in [3.63, 3.8) is 0 Å². The Balaban J connectivity index is 1.23. The van der Waals surface area contributed by atoms with Crippen molar-refractivity contribution < 1.29 is 27.8 Å².